The lowest BCUT2D eigenvalue weighted by Crippen LogP contribution is -2.56. The topological polar surface area (TPSA) is 96.5 Å². The van der Waals surface area contributed by atoms with Gasteiger partial charge >= 0.3 is 0 Å². The van der Waals surface area contributed by atoms with Gasteiger partial charge in [-0.2, -0.15) is 0 Å². The zero-order valence-electron chi connectivity index (χ0n) is 27.2. The molecule has 0 bridgehead atoms. The third kappa shape index (κ3) is 6.13. The highest BCUT2D eigenvalue weighted by Gasteiger charge is 2.53. The molecule has 1 saturated heterocycles. The van der Waals surface area contributed by atoms with E-state index in [1.807, 2.05) is 50.3 Å². The van der Waals surface area contributed by atoms with E-state index in [2.05, 4.69) is 0 Å². The van der Waals surface area contributed by atoms with Crippen molar-refractivity contribution < 1.29 is 27.5 Å². The third-order valence-corrected chi connectivity index (χ3v) is 11.1. The Morgan fingerprint density at radius 3 is 2.26 bits per heavy atom. The Kier molecular flexibility index (Phi) is 9.30. The van der Waals surface area contributed by atoms with E-state index in [9.17, 15) is 18.0 Å². The first-order valence-electron chi connectivity index (χ1n) is 15.2. The van der Waals surface area contributed by atoms with Gasteiger partial charge in [-0.1, -0.05) is 54.6 Å². The van der Waals surface area contributed by atoms with E-state index in [1.165, 1.54) is 18.0 Å². The van der Waals surface area contributed by atoms with Gasteiger partial charge in [-0.05, 0) is 60.4 Å². The maximum atomic E-state index is 14.5. The fraction of sp³-hybridized carbons (Fsp3) is 0.333. The third-order valence-electron chi connectivity index (χ3n) is 8.78. The second-order valence-corrected chi connectivity index (χ2v) is 14.3. The van der Waals surface area contributed by atoms with Crippen LogP contribution < -0.4 is 13.8 Å². The number of aryl methyl sites for hydroxylation is 2. The first-order chi connectivity index (χ1) is 21.9. The Bertz CT molecular complexity index is 1780. The molecule has 2 atom stereocenters. The number of amides is 2. The zero-order valence-corrected chi connectivity index (χ0v) is 28.0. The Morgan fingerprint density at radius 1 is 0.935 bits per heavy atom. The molecule has 1 aliphatic carbocycles. The summed E-state index contributed by atoms with van der Waals surface area (Å²) in [5.41, 5.74) is 4.48. The molecule has 242 valence electrons. The monoisotopic (exact) mass is 643 g/mol. The van der Waals surface area contributed by atoms with E-state index in [1.54, 1.807) is 68.6 Å². The fourth-order valence-corrected chi connectivity index (χ4v) is 8.06. The van der Waals surface area contributed by atoms with E-state index in [0.29, 0.717) is 36.7 Å². The van der Waals surface area contributed by atoms with Crippen molar-refractivity contribution >= 4 is 33.1 Å². The van der Waals surface area contributed by atoms with Crippen LogP contribution in [-0.4, -0.2) is 82.2 Å². The first kappa shape index (κ1) is 32.8. The molecule has 2 aliphatic rings. The molecule has 46 heavy (non-hydrogen) atoms. The van der Waals surface area contributed by atoms with Gasteiger partial charge in [-0.25, -0.2) is 8.42 Å². The number of nitrogens with zero attached hydrogens (tertiary/aromatic N) is 3. The van der Waals surface area contributed by atoms with Crippen molar-refractivity contribution in [1.29, 1.82) is 0 Å². The van der Waals surface area contributed by atoms with Crippen molar-refractivity contribution in [2.24, 2.45) is 0 Å². The summed E-state index contributed by atoms with van der Waals surface area (Å²) in [5.74, 6) is 0.610. The van der Waals surface area contributed by atoms with Crippen molar-refractivity contribution in [3.8, 4) is 11.5 Å². The van der Waals surface area contributed by atoms with E-state index in [4.69, 9.17) is 9.47 Å². The van der Waals surface area contributed by atoms with Gasteiger partial charge in [0.1, 0.15) is 17.6 Å². The van der Waals surface area contributed by atoms with Crippen LogP contribution in [0.3, 0.4) is 0 Å². The summed E-state index contributed by atoms with van der Waals surface area (Å²) in [6, 6.07) is 20.0. The van der Waals surface area contributed by atoms with Crippen LogP contribution in [0.15, 0.2) is 85.0 Å². The number of benzene rings is 3. The Hall–Kier alpha value is -4.57. The van der Waals surface area contributed by atoms with Crippen molar-refractivity contribution in [3.63, 3.8) is 0 Å². The lowest BCUT2D eigenvalue weighted by atomic mass is 9.88. The highest BCUT2D eigenvalue weighted by molar-refractivity contribution is 7.95. The molecule has 5 rings (SSSR count). The number of rotatable bonds is 9. The Labute approximate surface area is 271 Å². The van der Waals surface area contributed by atoms with E-state index >= 15 is 0 Å². The van der Waals surface area contributed by atoms with Crippen LogP contribution >= 0.6 is 0 Å². The zero-order chi connectivity index (χ0) is 33.2. The van der Waals surface area contributed by atoms with Gasteiger partial charge in [0.25, 0.3) is 15.9 Å². The van der Waals surface area contributed by atoms with Gasteiger partial charge in [0.05, 0.1) is 19.3 Å². The second kappa shape index (κ2) is 13.0. The van der Waals surface area contributed by atoms with Crippen LogP contribution in [0.1, 0.15) is 39.9 Å². The summed E-state index contributed by atoms with van der Waals surface area (Å²) in [6.45, 7) is 4.87. The molecule has 2 amide bonds. The molecule has 10 heteroatoms. The second-order valence-electron chi connectivity index (χ2n) is 12.1. The summed E-state index contributed by atoms with van der Waals surface area (Å²) < 4.78 is 39.8. The molecule has 1 fully saturated rings. The predicted molar refractivity (Wildman–Crippen MR) is 181 cm³/mol. The van der Waals surface area contributed by atoms with Crippen LogP contribution in [-0.2, 0) is 14.8 Å². The average Bonchev–Trinajstić information content (AvgIpc) is 3.52. The lowest BCUT2D eigenvalue weighted by molar-refractivity contribution is -0.130. The number of ether oxygens (including phenoxy) is 2. The molecule has 0 saturated carbocycles. The standard InChI is InChI=1S/C36H41N3O6S/c1-25-10-7-11-26(2)33(25)34(40)39-21-19-32(24-39)45-31-14-8-13-29(22-31)38(5)46(42,43)36(35(41)37(3)4)20-9-12-28(23-36)27-15-17-30(44-6)18-16-27/h7-18,20,22,32H,19,21,23-24H2,1-6H3/t32-,36?/m0/s1. The summed E-state index contributed by atoms with van der Waals surface area (Å²) in [6.07, 6.45) is 5.33. The normalized spacial score (nSPS) is 19.4. The number of anilines is 1. The predicted octanol–water partition coefficient (Wildman–Crippen LogP) is 5.24. The molecule has 0 N–H and O–H groups in total. The molecule has 0 spiro atoms. The summed E-state index contributed by atoms with van der Waals surface area (Å²) in [7, 11) is 1.86. The summed E-state index contributed by atoms with van der Waals surface area (Å²) >= 11 is 0. The molecular weight excluding hydrogens is 602 g/mol. The number of allylic oxidation sites excluding steroid dienone is 3. The van der Waals surface area contributed by atoms with Gasteiger partial charge in [0.15, 0.2) is 4.75 Å². The molecule has 3 aromatic rings. The van der Waals surface area contributed by atoms with Gasteiger partial charge in [-0.15, -0.1) is 0 Å². The van der Waals surface area contributed by atoms with Gasteiger partial charge in [0, 0.05) is 52.2 Å². The van der Waals surface area contributed by atoms with Crippen LogP contribution in [0, 0.1) is 13.8 Å². The van der Waals surface area contributed by atoms with Crippen LogP contribution in [0.4, 0.5) is 5.69 Å². The highest BCUT2D eigenvalue weighted by atomic mass is 32.2. The van der Waals surface area contributed by atoms with E-state index < -0.39 is 20.7 Å². The summed E-state index contributed by atoms with van der Waals surface area (Å²) in [5, 5.41) is 0. The molecule has 1 unspecified atom stereocenters. The van der Waals surface area contributed by atoms with Crippen molar-refractivity contribution in [3.05, 3.63) is 107 Å². The first-order valence-corrected chi connectivity index (χ1v) is 16.7. The number of carbonyl (C=O) groups is 2. The fourth-order valence-electron chi connectivity index (χ4n) is 6.18. The quantitative estimate of drug-likeness (QED) is 0.317. The minimum absolute atomic E-state index is 0.0132. The number of hydrogen-bond acceptors (Lipinski definition) is 6. The molecule has 1 heterocycles. The molecule has 3 aromatic carbocycles. The molecule has 1 aliphatic heterocycles. The molecule has 0 aromatic heterocycles. The van der Waals surface area contributed by atoms with Crippen molar-refractivity contribution in [2.75, 3.05) is 45.6 Å². The highest BCUT2D eigenvalue weighted by Crippen LogP contribution is 2.40. The lowest BCUT2D eigenvalue weighted by Gasteiger charge is -2.37. The minimum Gasteiger partial charge on any atom is -0.497 e. The van der Waals surface area contributed by atoms with Gasteiger partial charge in [0.2, 0.25) is 5.91 Å². The van der Waals surface area contributed by atoms with Gasteiger partial charge in [-0.3, -0.25) is 13.9 Å². The molecule has 9 nitrogen and oxygen atoms in total. The number of carbonyl (C=O) groups excluding carboxylic acids is 2. The maximum absolute atomic E-state index is 14.5. The number of likely N-dealkylation sites (tertiary alicyclic amines) is 1. The van der Waals surface area contributed by atoms with E-state index in [0.717, 1.165) is 32.1 Å². The van der Waals surface area contributed by atoms with Crippen molar-refractivity contribution in [2.45, 2.75) is 37.5 Å². The largest absolute Gasteiger partial charge is 0.497 e. The summed E-state index contributed by atoms with van der Waals surface area (Å²) in [4.78, 5) is 30.2. The number of hydrogen-bond donors (Lipinski definition) is 0. The molecule has 0 radical (unpaired) electrons. The van der Waals surface area contributed by atoms with Gasteiger partial charge < -0.3 is 19.3 Å². The number of methoxy groups -OCH3 is 1. The smallest absolute Gasteiger partial charge is 0.254 e. The number of sulfonamides is 1. The Morgan fingerprint density at radius 2 is 1.61 bits per heavy atom. The SMILES string of the molecule is COc1ccc(C2=CC=CC(C(=O)N(C)C)(S(=O)(=O)N(C)c3cccc(O[C@H]4CCN(C(=O)c5c(C)cccc5C)C4)c3)C2)cc1. The molecular formula is C36H41N3O6S. The maximum Gasteiger partial charge on any atom is 0.254 e. The van der Waals surface area contributed by atoms with Crippen LogP contribution in [0.25, 0.3) is 5.57 Å². The minimum atomic E-state index is -4.30. The average molecular weight is 644 g/mol. The van der Waals surface area contributed by atoms with Crippen LogP contribution in [0.2, 0.25) is 0 Å². The van der Waals surface area contributed by atoms with Crippen molar-refractivity contribution in [1.82, 2.24) is 9.80 Å². The van der Waals surface area contributed by atoms with E-state index in [-0.39, 0.29) is 18.4 Å². The van der Waals surface area contributed by atoms with Crippen LogP contribution in [0.5, 0.6) is 11.5 Å². The Balaban J connectivity index is 1.37.